The molecule has 0 bridgehead atoms. The molecule has 0 amide bonds. The third-order valence-electron chi connectivity index (χ3n) is 4.47. The second-order valence-corrected chi connectivity index (χ2v) is 5.67. The number of ether oxygens (including phenoxy) is 1. The molecule has 0 aromatic heterocycles. The summed E-state index contributed by atoms with van der Waals surface area (Å²) in [6, 6.07) is 1.02. The van der Waals surface area contributed by atoms with E-state index in [1.54, 1.807) is 0 Å². The summed E-state index contributed by atoms with van der Waals surface area (Å²) in [5, 5.41) is 0. The third-order valence-corrected chi connectivity index (χ3v) is 4.47. The second-order valence-electron chi connectivity index (χ2n) is 5.67. The zero-order valence-electron chi connectivity index (χ0n) is 10.6. The standard InChI is InChI=1S/C13H23N3O/c1-9-6-7-12(17-9)11-8-15-13(14)16(11)10-4-2-3-5-10/h9-12H,2-8H2,1H3,(H2,14,15). The summed E-state index contributed by atoms with van der Waals surface area (Å²) < 4.78 is 6.01. The number of nitrogens with zero attached hydrogens (tertiary/aromatic N) is 2. The van der Waals surface area contributed by atoms with E-state index in [0.29, 0.717) is 24.3 Å². The lowest BCUT2D eigenvalue weighted by atomic mass is 10.0. The fourth-order valence-corrected chi connectivity index (χ4v) is 3.58. The van der Waals surface area contributed by atoms with Crippen molar-refractivity contribution in [2.75, 3.05) is 6.54 Å². The van der Waals surface area contributed by atoms with Crippen LogP contribution >= 0.6 is 0 Å². The number of rotatable bonds is 2. The molecule has 96 valence electrons. The molecule has 1 saturated carbocycles. The lowest BCUT2D eigenvalue weighted by Crippen LogP contribution is -2.51. The van der Waals surface area contributed by atoms with Gasteiger partial charge in [0.15, 0.2) is 5.96 Å². The maximum atomic E-state index is 6.07. The van der Waals surface area contributed by atoms with Crippen LogP contribution in [0.2, 0.25) is 0 Å². The molecular weight excluding hydrogens is 214 g/mol. The quantitative estimate of drug-likeness (QED) is 0.791. The number of hydrogen-bond donors (Lipinski definition) is 1. The summed E-state index contributed by atoms with van der Waals surface area (Å²) in [7, 11) is 0. The van der Waals surface area contributed by atoms with Crippen LogP contribution in [0.15, 0.2) is 4.99 Å². The van der Waals surface area contributed by atoms with E-state index in [2.05, 4.69) is 16.8 Å². The highest BCUT2D eigenvalue weighted by molar-refractivity contribution is 5.80. The van der Waals surface area contributed by atoms with Gasteiger partial charge >= 0.3 is 0 Å². The van der Waals surface area contributed by atoms with E-state index in [1.807, 2.05) is 0 Å². The molecule has 4 heteroatoms. The molecule has 0 radical (unpaired) electrons. The second kappa shape index (κ2) is 4.48. The van der Waals surface area contributed by atoms with Crippen molar-refractivity contribution in [1.82, 2.24) is 4.90 Å². The Bertz CT molecular complexity index is 312. The smallest absolute Gasteiger partial charge is 0.191 e. The van der Waals surface area contributed by atoms with Gasteiger partial charge in [-0.3, -0.25) is 4.99 Å². The lowest BCUT2D eigenvalue weighted by Gasteiger charge is -2.35. The van der Waals surface area contributed by atoms with Gasteiger partial charge < -0.3 is 15.4 Å². The van der Waals surface area contributed by atoms with Crippen LogP contribution in [-0.4, -0.2) is 41.7 Å². The van der Waals surface area contributed by atoms with Gasteiger partial charge in [0, 0.05) is 6.04 Å². The van der Waals surface area contributed by atoms with Gasteiger partial charge in [-0.1, -0.05) is 12.8 Å². The van der Waals surface area contributed by atoms with Gasteiger partial charge in [0.05, 0.1) is 24.8 Å². The molecule has 3 aliphatic rings. The first-order valence-electron chi connectivity index (χ1n) is 6.99. The minimum Gasteiger partial charge on any atom is -0.373 e. The molecule has 17 heavy (non-hydrogen) atoms. The van der Waals surface area contributed by atoms with Crippen LogP contribution in [0.4, 0.5) is 0 Å². The van der Waals surface area contributed by atoms with Gasteiger partial charge in [-0.25, -0.2) is 0 Å². The molecule has 1 aliphatic carbocycles. The largest absolute Gasteiger partial charge is 0.373 e. The Morgan fingerprint density at radius 1 is 1.24 bits per heavy atom. The topological polar surface area (TPSA) is 50.8 Å². The highest BCUT2D eigenvalue weighted by atomic mass is 16.5. The predicted octanol–water partition coefficient (Wildman–Crippen LogP) is 1.50. The minimum absolute atomic E-state index is 0.343. The molecule has 4 nitrogen and oxygen atoms in total. The molecular formula is C13H23N3O. The Kier molecular flexibility index (Phi) is 2.99. The fraction of sp³-hybridized carbons (Fsp3) is 0.923. The van der Waals surface area contributed by atoms with Crippen molar-refractivity contribution >= 4 is 5.96 Å². The zero-order valence-corrected chi connectivity index (χ0v) is 10.6. The first-order valence-corrected chi connectivity index (χ1v) is 6.99. The van der Waals surface area contributed by atoms with Crippen molar-refractivity contribution in [3.05, 3.63) is 0 Å². The average molecular weight is 237 g/mol. The van der Waals surface area contributed by atoms with E-state index in [4.69, 9.17) is 10.5 Å². The van der Waals surface area contributed by atoms with E-state index >= 15 is 0 Å². The first-order chi connectivity index (χ1) is 8.25. The van der Waals surface area contributed by atoms with E-state index in [-0.39, 0.29) is 0 Å². The molecule has 2 aliphatic heterocycles. The summed E-state index contributed by atoms with van der Waals surface area (Å²) in [5.41, 5.74) is 6.07. The summed E-state index contributed by atoms with van der Waals surface area (Å²) >= 11 is 0. The molecule has 2 fully saturated rings. The van der Waals surface area contributed by atoms with Crippen LogP contribution in [0.1, 0.15) is 45.4 Å². The van der Waals surface area contributed by atoms with Crippen molar-refractivity contribution in [2.45, 2.75) is 69.7 Å². The predicted molar refractivity (Wildman–Crippen MR) is 67.9 cm³/mol. The summed E-state index contributed by atoms with van der Waals surface area (Å²) in [4.78, 5) is 6.82. The van der Waals surface area contributed by atoms with Crippen molar-refractivity contribution in [3.63, 3.8) is 0 Å². The van der Waals surface area contributed by atoms with Gasteiger partial charge in [-0.05, 0) is 32.6 Å². The van der Waals surface area contributed by atoms with Gasteiger partial charge in [0.1, 0.15) is 0 Å². The first kappa shape index (κ1) is 11.3. The Balaban J connectivity index is 1.71. The SMILES string of the molecule is CC1CCC(C2CN=C(N)N2C2CCCC2)O1. The molecule has 3 atom stereocenters. The zero-order chi connectivity index (χ0) is 11.8. The molecule has 0 spiro atoms. The minimum atomic E-state index is 0.343. The number of aliphatic imine (C=N–C) groups is 1. The summed E-state index contributed by atoms with van der Waals surface area (Å²) in [6.45, 7) is 3.00. The molecule has 1 saturated heterocycles. The third kappa shape index (κ3) is 2.03. The summed E-state index contributed by atoms with van der Waals surface area (Å²) in [5.74, 6) is 0.755. The molecule has 3 rings (SSSR count). The van der Waals surface area contributed by atoms with E-state index < -0.39 is 0 Å². The Labute approximate surface area is 103 Å². The van der Waals surface area contributed by atoms with Crippen LogP contribution in [0.25, 0.3) is 0 Å². The van der Waals surface area contributed by atoms with Gasteiger partial charge in [-0.15, -0.1) is 0 Å². The van der Waals surface area contributed by atoms with Gasteiger partial charge in [0.2, 0.25) is 0 Å². The van der Waals surface area contributed by atoms with E-state index in [0.717, 1.165) is 18.9 Å². The molecule has 0 aromatic rings. The molecule has 2 N–H and O–H groups in total. The normalized spacial score (nSPS) is 39.0. The van der Waals surface area contributed by atoms with E-state index in [9.17, 15) is 0 Å². The molecule has 0 aromatic carbocycles. The van der Waals surface area contributed by atoms with E-state index in [1.165, 1.54) is 32.1 Å². The van der Waals surface area contributed by atoms with Crippen molar-refractivity contribution in [3.8, 4) is 0 Å². The van der Waals surface area contributed by atoms with Crippen molar-refractivity contribution in [2.24, 2.45) is 10.7 Å². The van der Waals surface area contributed by atoms with Gasteiger partial charge in [-0.2, -0.15) is 0 Å². The highest BCUT2D eigenvalue weighted by Gasteiger charge is 2.40. The van der Waals surface area contributed by atoms with Crippen LogP contribution in [-0.2, 0) is 4.74 Å². The van der Waals surface area contributed by atoms with Crippen LogP contribution in [0, 0.1) is 0 Å². The molecule has 2 heterocycles. The lowest BCUT2D eigenvalue weighted by molar-refractivity contribution is 0.00987. The Hall–Kier alpha value is -0.770. The maximum absolute atomic E-state index is 6.07. The maximum Gasteiger partial charge on any atom is 0.191 e. The van der Waals surface area contributed by atoms with Crippen LogP contribution in [0.5, 0.6) is 0 Å². The fourth-order valence-electron chi connectivity index (χ4n) is 3.58. The van der Waals surface area contributed by atoms with Crippen molar-refractivity contribution < 1.29 is 4.74 Å². The average Bonchev–Trinajstić information content (AvgIpc) is 2.97. The number of hydrogen-bond acceptors (Lipinski definition) is 4. The number of nitrogens with two attached hydrogens (primary N) is 1. The van der Waals surface area contributed by atoms with Crippen LogP contribution in [0.3, 0.4) is 0 Å². The Morgan fingerprint density at radius 3 is 2.65 bits per heavy atom. The van der Waals surface area contributed by atoms with Crippen molar-refractivity contribution in [1.29, 1.82) is 0 Å². The molecule has 3 unspecified atom stereocenters. The Morgan fingerprint density at radius 2 is 2.00 bits per heavy atom. The van der Waals surface area contributed by atoms with Gasteiger partial charge in [0.25, 0.3) is 0 Å². The van der Waals surface area contributed by atoms with Crippen LogP contribution < -0.4 is 5.73 Å². The highest BCUT2D eigenvalue weighted by Crippen LogP contribution is 2.32. The summed E-state index contributed by atoms with van der Waals surface area (Å²) in [6.07, 6.45) is 8.32. The monoisotopic (exact) mass is 237 g/mol. The number of guanidine groups is 1.